The lowest BCUT2D eigenvalue weighted by Gasteiger charge is -2.32. The number of likely N-dealkylation sites (tertiary alicyclic amines) is 1. The number of halogens is 2. The van der Waals surface area contributed by atoms with E-state index in [4.69, 9.17) is 10.5 Å². The van der Waals surface area contributed by atoms with E-state index < -0.39 is 0 Å². The van der Waals surface area contributed by atoms with Crippen LogP contribution in [0.2, 0.25) is 0 Å². The smallest absolute Gasteiger partial charge is 0.124 e. The van der Waals surface area contributed by atoms with Crippen LogP contribution in [0.5, 0.6) is 0 Å². The van der Waals surface area contributed by atoms with Crippen LogP contribution in [0.15, 0.2) is 22.7 Å². The zero-order valence-electron chi connectivity index (χ0n) is 11.7. The number of benzene rings is 1. The average molecular weight is 345 g/mol. The lowest BCUT2D eigenvalue weighted by atomic mass is 10.1. The Labute approximate surface area is 128 Å². The van der Waals surface area contributed by atoms with Gasteiger partial charge in [-0.3, -0.25) is 4.90 Å². The molecule has 20 heavy (non-hydrogen) atoms. The highest BCUT2D eigenvalue weighted by molar-refractivity contribution is 9.10. The zero-order chi connectivity index (χ0) is 14.4. The van der Waals surface area contributed by atoms with Gasteiger partial charge in [-0.25, -0.2) is 4.39 Å². The topological polar surface area (TPSA) is 38.5 Å². The van der Waals surface area contributed by atoms with Crippen LogP contribution in [0, 0.1) is 5.82 Å². The largest absolute Gasteiger partial charge is 0.378 e. The number of piperidine rings is 1. The predicted octanol–water partition coefficient (Wildman–Crippen LogP) is 2.92. The molecule has 0 unspecified atom stereocenters. The van der Waals surface area contributed by atoms with Gasteiger partial charge in [0.2, 0.25) is 0 Å². The Bertz CT molecular complexity index is 402. The summed E-state index contributed by atoms with van der Waals surface area (Å²) in [5.74, 6) is -0.186. The van der Waals surface area contributed by atoms with Crippen LogP contribution in [-0.4, -0.2) is 37.2 Å². The van der Waals surface area contributed by atoms with E-state index in [-0.39, 0.29) is 5.82 Å². The molecule has 0 saturated carbocycles. The number of ether oxygens (including phenoxy) is 1. The van der Waals surface area contributed by atoms with E-state index >= 15 is 0 Å². The van der Waals surface area contributed by atoms with Crippen LogP contribution in [-0.2, 0) is 11.3 Å². The second-order valence-electron chi connectivity index (χ2n) is 5.27. The minimum absolute atomic E-state index is 0.186. The molecule has 1 fully saturated rings. The summed E-state index contributed by atoms with van der Waals surface area (Å²) in [6.45, 7) is 4.25. The van der Waals surface area contributed by atoms with Gasteiger partial charge < -0.3 is 10.5 Å². The molecule has 1 aliphatic heterocycles. The first kappa shape index (κ1) is 15.9. The van der Waals surface area contributed by atoms with Crippen molar-refractivity contribution in [1.82, 2.24) is 4.90 Å². The molecule has 5 heteroatoms. The van der Waals surface area contributed by atoms with Gasteiger partial charge in [0.05, 0.1) is 6.10 Å². The molecular weight excluding hydrogens is 323 g/mol. The van der Waals surface area contributed by atoms with Crippen molar-refractivity contribution in [2.45, 2.75) is 31.9 Å². The lowest BCUT2D eigenvalue weighted by molar-refractivity contribution is 0.00561. The van der Waals surface area contributed by atoms with Crippen molar-refractivity contribution in [2.75, 3.05) is 26.2 Å². The molecule has 2 N–H and O–H groups in total. The molecule has 1 aromatic rings. The Morgan fingerprint density at radius 2 is 2.05 bits per heavy atom. The van der Waals surface area contributed by atoms with Crippen LogP contribution in [0.25, 0.3) is 0 Å². The SMILES string of the molecule is NCCCOC1CCN(Cc2cc(F)cc(Br)c2)CC1. The Hall–Kier alpha value is -0.490. The standard InChI is InChI=1S/C15H22BrFN2O/c16-13-8-12(9-14(17)10-13)11-19-5-2-15(3-6-19)20-7-1-4-18/h8-10,15H,1-7,11,18H2. The molecule has 0 radical (unpaired) electrons. The Morgan fingerprint density at radius 3 is 2.70 bits per heavy atom. The van der Waals surface area contributed by atoms with Gasteiger partial charge in [-0.15, -0.1) is 0 Å². The number of nitrogens with two attached hydrogens (primary N) is 1. The quantitative estimate of drug-likeness (QED) is 0.806. The van der Waals surface area contributed by atoms with Gasteiger partial charge in [0.25, 0.3) is 0 Å². The van der Waals surface area contributed by atoms with Crippen molar-refractivity contribution in [1.29, 1.82) is 0 Å². The zero-order valence-corrected chi connectivity index (χ0v) is 13.2. The first-order valence-corrected chi connectivity index (χ1v) is 7.95. The minimum Gasteiger partial charge on any atom is -0.378 e. The fraction of sp³-hybridized carbons (Fsp3) is 0.600. The second-order valence-corrected chi connectivity index (χ2v) is 6.18. The molecule has 2 rings (SSSR count). The molecule has 0 bridgehead atoms. The van der Waals surface area contributed by atoms with Crippen molar-refractivity contribution in [3.05, 3.63) is 34.1 Å². The molecule has 0 amide bonds. The summed E-state index contributed by atoms with van der Waals surface area (Å²) in [6.07, 6.45) is 3.37. The first-order chi connectivity index (χ1) is 9.67. The Kier molecular flexibility index (Phi) is 6.42. The van der Waals surface area contributed by atoms with Crippen LogP contribution in [0.3, 0.4) is 0 Å². The highest BCUT2D eigenvalue weighted by atomic mass is 79.9. The van der Waals surface area contributed by atoms with Gasteiger partial charge in [-0.2, -0.15) is 0 Å². The molecule has 0 aromatic heterocycles. The summed E-state index contributed by atoms with van der Waals surface area (Å²) < 4.78 is 19.9. The molecule has 3 nitrogen and oxygen atoms in total. The van der Waals surface area contributed by atoms with Gasteiger partial charge >= 0.3 is 0 Å². The fourth-order valence-corrected chi connectivity index (χ4v) is 3.04. The monoisotopic (exact) mass is 344 g/mol. The van der Waals surface area contributed by atoms with E-state index in [0.717, 1.165) is 55.5 Å². The molecule has 0 aliphatic carbocycles. The lowest BCUT2D eigenvalue weighted by Crippen LogP contribution is -2.36. The second kappa shape index (κ2) is 8.08. The molecule has 1 aromatic carbocycles. The molecule has 112 valence electrons. The van der Waals surface area contributed by atoms with Gasteiger partial charge in [0.15, 0.2) is 0 Å². The maximum Gasteiger partial charge on any atom is 0.124 e. The summed E-state index contributed by atoms with van der Waals surface area (Å²) in [6, 6.07) is 5.07. The van der Waals surface area contributed by atoms with E-state index in [9.17, 15) is 4.39 Å². The third-order valence-electron chi connectivity index (χ3n) is 3.57. The Morgan fingerprint density at radius 1 is 1.30 bits per heavy atom. The van der Waals surface area contributed by atoms with E-state index in [1.807, 2.05) is 6.07 Å². The van der Waals surface area contributed by atoms with Crippen molar-refractivity contribution >= 4 is 15.9 Å². The van der Waals surface area contributed by atoms with E-state index in [1.54, 1.807) is 6.07 Å². The van der Waals surface area contributed by atoms with Crippen molar-refractivity contribution in [3.63, 3.8) is 0 Å². The summed E-state index contributed by atoms with van der Waals surface area (Å²) in [7, 11) is 0. The van der Waals surface area contributed by atoms with E-state index in [2.05, 4.69) is 20.8 Å². The number of hydrogen-bond acceptors (Lipinski definition) is 3. The number of nitrogens with zero attached hydrogens (tertiary/aromatic N) is 1. The summed E-state index contributed by atoms with van der Waals surface area (Å²) in [4.78, 5) is 2.35. The van der Waals surface area contributed by atoms with Crippen molar-refractivity contribution < 1.29 is 9.13 Å². The summed E-state index contributed by atoms with van der Waals surface area (Å²) in [5.41, 5.74) is 6.47. The van der Waals surface area contributed by atoms with Crippen LogP contribution >= 0.6 is 15.9 Å². The van der Waals surface area contributed by atoms with E-state index in [0.29, 0.717) is 12.6 Å². The van der Waals surface area contributed by atoms with Crippen LogP contribution < -0.4 is 5.73 Å². The minimum atomic E-state index is -0.186. The number of rotatable bonds is 6. The van der Waals surface area contributed by atoms with E-state index in [1.165, 1.54) is 6.07 Å². The molecule has 0 spiro atoms. The Balaban J connectivity index is 1.76. The van der Waals surface area contributed by atoms with Gasteiger partial charge in [0, 0.05) is 30.7 Å². The highest BCUT2D eigenvalue weighted by Gasteiger charge is 2.19. The van der Waals surface area contributed by atoms with Crippen molar-refractivity contribution in [2.24, 2.45) is 5.73 Å². The molecule has 1 saturated heterocycles. The van der Waals surface area contributed by atoms with Gasteiger partial charge in [-0.1, -0.05) is 15.9 Å². The van der Waals surface area contributed by atoms with Gasteiger partial charge in [0.1, 0.15) is 5.82 Å². The first-order valence-electron chi connectivity index (χ1n) is 7.16. The molecule has 0 atom stereocenters. The van der Waals surface area contributed by atoms with Gasteiger partial charge in [-0.05, 0) is 49.6 Å². The highest BCUT2D eigenvalue weighted by Crippen LogP contribution is 2.19. The average Bonchev–Trinajstić information content (AvgIpc) is 2.40. The maximum atomic E-state index is 13.3. The van der Waals surface area contributed by atoms with Crippen LogP contribution in [0.1, 0.15) is 24.8 Å². The predicted molar refractivity (Wildman–Crippen MR) is 82.0 cm³/mol. The molecular formula is C15H22BrFN2O. The molecule has 1 aliphatic rings. The fourth-order valence-electron chi connectivity index (χ4n) is 2.53. The summed E-state index contributed by atoms with van der Waals surface area (Å²) >= 11 is 3.33. The van der Waals surface area contributed by atoms with Crippen LogP contribution in [0.4, 0.5) is 4.39 Å². The molecule has 1 heterocycles. The maximum absolute atomic E-state index is 13.3. The van der Waals surface area contributed by atoms with Crippen molar-refractivity contribution in [3.8, 4) is 0 Å². The third kappa shape index (κ3) is 5.13. The third-order valence-corrected chi connectivity index (χ3v) is 4.02. The number of hydrogen-bond donors (Lipinski definition) is 1. The summed E-state index contributed by atoms with van der Waals surface area (Å²) in [5, 5.41) is 0. The normalized spacial score (nSPS) is 17.6.